The lowest BCUT2D eigenvalue weighted by Gasteiger charge is -2.21. The Morgan fingerprint density at radius 2 is 1.67 bits per heavy atom. The summed E-state index contributed by atoms with van der Waals surface area (Å²) >= 11 is 0. The topological polar surface area (TPSA) is 40.2 Å². The van der Waals surface area contributed by atoms with Crippen molar-refractivity contribution in [3.8, 4) is 0 Å². The van der Waals surface area contributed by atoms with E-state index in [9.17, 15) is 0 Å². The molecule has 0 aromatic rings. The third-order valence-electron chi connectivity index (χ3n) is 1.29. The third-order valence-corrected chi connectivity index (χ3v) is 1.29. The second kappa shape index (κ2) is 2.22. The number of hydrogen-bond donors (Lipinski definition) is 0. The summed E-state index contributed by atoms with van der Waals surface area (Å²) in [5.74, 6) is 0. The molecule has 4 heteroatoms. The zero-order valence-corrected chi connectivity index (χ0v) is 4.91. The van der Waals surface area contributed by atoms with E-state index in [0.29, 0.717) is 13.6 Å². The summed E-state index contributed by atoms with van der Waals surface area (Å²) in [6, 6.07) is 0. The molecule has 2 aliphatic heterocycles. The van der Waals surface area contributed by atoms with Crippen LogP contribution in [0.2, 0.25) is 0 Å². The number of rotatable bonds is 1. The Bertz CT molecular complexity index is 95.1. The highest BCUT2D eigenvalue weighted by molar-refractivity contribution is 4.73. The minimum atomic E-state index is -0.182. The highest BCUT2D eigenvalue weighted by atomic mass is 16.9. The van der Waals surface area contributed by atoms with Crippen LogP contribution < -0.4 is 0 Å². The van der Waals surface area contributed by atoms with Crippen LogP contribution in [0.1, 0.15) is 0 Å². The fourth-order valence-electron chi connectivity index (χ4n) is 0.740. The maximum atomic E-state index is 5.03. The SMILES string of the molecule is C1OCOC(C2CO2)O1. The first kappa shape index (κ1) is 5.61. The van der Waals surface area contributed by atoms with Gasteiger partial charge in [0.1, 0.15) is 6.10 Å². The molecule has 0 aromatic heterocycles. The highest BCUT2D eigenvalue weighted by Crippen LogP contribution is 2.19. The summed E-state index contributed by atoms with van der Waals surface area (Å²) < 4.78 is 19.8. The average molecular weight is 132 g/mol. The van der Waals surface area contributed by atoms with E-state index >= 15 is 0 Å². The Morgan fingerprint density at radius 1 is 1.00 bits per heavy atom. The first-order valence-electron chi connectivity index (χ1n) is 2.89. The van der Waals surface area contributed by atoms with Crippen LogP contribution in [-0.4, -0.2) is 32.6 Å². The van der Waals surface area contributed by atoms with Crippen molar-refractivity contribution in [2.24, 2.45) is 0 Å². The summed E-state index contributed by atoms with van der Waals surface area (Å²) in [6.45, 7) is 1.40. The van der Waals surface area contributed by atoms with E-state index in [4.69, 9.17) is 18.9 Å². The van der Waals surface area contributed by atoms with Gasteiger partial charge in [-0.05, 0) is 0 Å². The Kier molecular flexibility index (Phi) is 1.39. The molecule has 0 aliphatic carbocycles. The minimum absolute atomic E-state index is 0.161. The van der Waals surface area contributed by atoms with Gasteiger partial charge in [0.05, 0.1) is 6.61 Å². The third kappa shape index (κ3) is 1.21. The fraction of sp³-hybridized carbons (Fsp3) is 1.00. The van der Waals surface area contributed by atoms with Gasteiger partial charge in [-0.25, -0.2) is 0 Å². The zero-order valence-electron chi connectivity index (χ0n) is 4.91. The lowest BCUT2D eigenvalue weighted by atomic mass is 10.5. The molecule has 4 nitrogen and oxygen atoms in total. The van der Waals surface area contributed by atoms with Gasteiger partial charge in [-0.15, -0.1) is 0 Å². The van der Waals surface area contributed by atoms with E-state index in [0.717, 1.165) is 6.61 Å². The van der Waals surface area contributed by atoms with Crippen LogP contribution in [0.25, 0.3) is 0 Å². The molecule has 0 aromatic carbocycles. The number of hydrogen-bond acceptors (Lipinski definition) is 4. The van der Waals surface area contributed by atoms with E-state index in [1.807, 2.05) is 0 Å². The second-order valence-corrected chi connectivity index (χ2v) is 2.01. The normalized spacial score (nSPS) is 36.7. The Balaban J connectivity index is 1.80. The van der Waals surface area contributed by atoms with E-state index in [1.54, 1.807) is 0 Å². The molecular weight excluding hydrogens is 124 g/mol. The quantitative estimate of drug-likeness (QED) is 0.459. The molecule has 52 valence electrons. The van der Waals surface area contributed by atoms with Crippen LogP contribution in [-0.2, 0) is 18.9 Å². The zero-order chi connectivity index (χ0) is 6.10. The van der Waals surface area contributed by atoms with Gasteiger partial charge in [-0.3, -0.25) is 0 Å². The minimum Gasteiger partial charge on any atom is -0.368 e. The van der Waals surface area contributed by atoms with Gasteiger partial charge in [-0.1, -0.05) is 0 Å². The van der Waals surface area contributed by atoms with Crippen LogP contribution in [0, 0.1) is 0 Å². The number of epoxide rings is 1. The standard InChI is InChI=1S/C5H8O4/c1-4(7-1)5-8-2-6-3-9-5/h4-5H,1-3H2. The van der Waals surface area contributed by atoms with Crippen molar-refractivity contribution in [1.29, 1.82) is 0 Å². The first-order chi connectivity index (χ1) is 4.47. The van der Waals surface area contributed by atoms with Gasteiger partial charge >= 0.3 is 0 Å². The molecule has 1 atom stereocenters. The van der Waals surface area contributed by atoms with Crippen molar-refractivity contribution < 1.29 is 18.9 Å². The van der Waals surface area contributed by atoms with E-state index < -0.39 is 0 Å². The monoisotopic (exact) mass is 132 g/mol. The lowest BCUT2D eigenvalue weighted by molar-refractivity contribution is -0.303. The van der Waals surface area contributed by atoms with Crippen LogP contribution in [0.15, 0.2) is 0 Å². The molecule has 2 fully saturated rings. The summed E-state index contributed by atoms with van der Waals surface area (Å²) in [5, 5.41) is 0. The van der Waals surface area contributed by atoms with E-state index in [-0.39, 0.29) is 12.4 Å². The molecule has 0 N–H and O–H groups in total. The van der Waals surface area contributed by atoms with E-state index in [1.165, 1.54) is 0 Å². The predicted molar refractivity (Wildman–Crippen MR) is 26.5 cm³/mol. The molecule has 9 heavy (non-hydrogen) atoms. The highest BCUT2D eigenvalue weighted by Gasteiger charge is 2.35. The van der Waals surface area contributed by atoms with Crippen LogP contribution in [0.5, 0.6) is 0 Å². The van der Waals surface area contributed by atoms with Gasteiger partial charge in [0.2, 0.25) is 0 Å². The molecule has 2 heterocycles. The molecular formula is C5H8O4. The first-order valence-corrected chi connectivity index (χ1v) is 2.89. The Hall–Kier alpha value is -0.160. The van der Waals surface area contributed by atoms with Gasteiger partial charge in [0.15, 0.2) is 19.9 Å². The molecule has 2 aliphatic rings. The molecule has 0 amide bonds. The second-order valence-electron chi connectivity index (χ2n) is 2.01. The smallest absolute Gasteiger partial charge is 0.191 e. The largest absolute Gasteiger partial charge is 0.368 e. The van der Waals surface area contributed by atoms with Crippen LogP contribution in [0.4, 0.5) is 0 Å². The van der Waals surface area contributed by atoms with Crippen LogP contribution in [0.3, 0.4) is 0 Å². The molecule has 1 unspecified atom stereocenters. The van der Waals surface area contributed by atoms with Crippen molar-refractivity contribution in [3.05, 3.63) is 0 Å². The summed E-state index contributed by atoms with van der Waals surface area (Å²) in [4.78, 5) is 0. The van der Waals surface area contributed by atoms with Gasteiger partial charge < -0.3 is 18.9 Å². The van der Waals surface area contributed by atoms with Gasteiger partial charge in [0, 0.05) is 0 Å². The van der Waals surface area contributed by atoms with Gasteiger partial charge in [-0.2, -0.15) is 0 Å². The summed E-state index contributed by atoms with van der Waals surface area (Å²) in [7, 11) is 0. The molecule has 2 saturated heterocycles. The van der Waals surface area contributed by atoms with Crippen molar-refractivity contribution in [2.45, 2.75) is 12.4 Å². The molecule has 2 rings (SSSR count). The van der Waals surface area contributed by atoms with Gasteiger partial charge in [0.25, 0.3) is 0 Å². The van der Waals surface area contributed by atoms with Crippen LogP contribution >= 0.6 is 0 Å². The predicted octanol–water partition coefficient (Wildman–Crippen LogP) is -0.310. The Morgan fingerprint density at radius 3 is 2.22 bits per heavy atom. The fourth-order valence-corrected chi connectivity index (χ4v) is 0.740. The summed E-state index contributed by atoms with van der Waals surface area (Å²) in [5.41, 5.74) is 0. The molecule has 0 bridgehead atoms. The number of ether oxygens (including phenoxy) is 4. The summed E-state index contributed by atoms with van der Waals surface area (Å²) in [6.07, 6.45) is -0.0207. The van der Waals surface area contributed by atoms with Crippen molar-refractivity contribution in [3.63, 3.8) is 0 Å². The van der Waals surface area contributed by atoms with Crippen molar-refractivity contribution >= 4 is 0 Å². The lowest BCUT2D eigenvalue weighted by Crippen LogP contribution is -2.30. The molecule has 0 radical (unpaired) electrons. The maximum absolute atomic E-state index is 5.03. The van der Waals surface area contributed by atoms with Crippen molar-refractivity contribution in [1.82, 2.24) is 0 Å². The maximum Gasteiger partial charge on any atom is 0.191 e. The van der Waals surface area contributed by atoms with Crippen molar-refractivity contribution in [2.75, 3.05) is 20.2 Å². The molecule has 0 saturated carbocycles. The van der Waals surface area contributed by atoms with E-state index in [2.05, 4.69) is 0 Å². The average Bonchev–Trinajstić information content (AvgIpc) is 2.71. The molecule has 0 spiro atoms. The Labute approximate surface area is 52.6 Å².